The van der Waals surface area contributed by atoms with Crippen molar-refractivity contribution >= 4 is 59.3 Å². The minimum atomic E-state index is 0.605. The number of rotatable bonds is 7. The Labute approximate surface area is 321 Å². The zero-order chi connectivity index (χ0) is 35.8. The molecule has 0 unspecified atom stereocenters. The van der Waals surface area contributed by atoms with Crippen LogP contribution >= 0.6 is 11.3 Å². The van der Waals surface area contributed by atoms with Gasteiger partial charge in [-0.15, -0.1) is 11.3 Å². The van der Waals surface area contributed by atoms with Crippen LogP contribution < -0.4 is 4.90 Å². The normalized spacial score (nSPS) is 13.5. The highest BCUT2D eigenvalue weighted by Crippen LogP contribution is 2.49. The average molecular weight is 712 g/mol. The highest BCUT2D eigenvalue weighted by molar-refractivity contribution is 7.26. The molecule has 1 heterocycles. The molecule has 10 rings (SSSR count). The van der Waals surface area contributed by atoms with Crippen LogP contribution in [-0.4, -0.2) is 0 Å². The Balaban J connectivity index is 1.15. The zero-order valence-electron chi connectivity index (χ0n) is 30.3. The first-order valence-corrected chi connectivity index (χ1v) is 20.2. The molecule has 9 aromatic rings. The number of hydrogen-bond acceptors (Lipinski definition) is 2. The van der Waals surface area contributed by atoms with Crippen LogP contribution in [0.25, 0.3) is 64.3 Å². The quantitative estimate of drug-likeness (QED) is 0.159. The van der Waals surface area contributed by atoms with Crippen LogP contribution in [0.5, 0.6) is 0 Å². The molecule has 0 bridgehead atoms. The van der Waals surface area contributed by atoms with E-state index in [4.69, 9.17) is 0 Å². The van der Waals surface area contributed by atoms with Gasteiger partial charge in [-0.25, -0.2) is 0 Å². The van der Waals surface area contributed by atoms with Gasteiger partial charge in [-0.1, -0.05) is 171 Å². The summed E-state index contributed by atoms with van der Waals surface area (Å²) in [6.07, 6.45) is 6.54. The van der Waals surface area contributed by atoms with Gasteiger partial charge in [0.05, 0.1) is 16.1 Å². The molecule has 0 aliphatic heterocycles. The van der Waals surface area contributed by atoms with E-state index in [2.05, 4.69) is 187 Å². The Morgan fingerprint density at radius 1 is 0.426 bits per heavy atom. The predicted octanol–water partition coefficient (Wildman–Crippen LogP) is 15.7. The summed E-state index contributed by atoms with van der Waals surface area (Å²) in [5, 5.41) is 5.35. The molecule has 0 atom stereocenters. The fourth-order valence-electron chi connectivity index (χ4n) is 8.85. The SMILES string of the molecule is c1ccc(-c2ccc(-c3ccc(N(c4ccccc4-c4cccc5cccc(C6CCCCC6)c45)c4cccc5c4sc4ccccc45)cc3)cc2)cc1. The van der Waals surface area contributed by atoms with Crippen LogP contribution in [0.2, 0.25) is 0 Å². The van der Waals surface area contributed by atoms with E-state index in [1.165, 1.54) is 113 Å². The van der Waals surface area contributed by atoms with Gasteiger partial charge < -0.3 is 4.90 Å². The lowest BCUT2D eigenvalue weighted by Crippen LogP contribution is -2.11. The molecule has 1 aliphatic carbocycles. The summed E-state index contributed by atoms with van der Waals surface area (Å²) in [4.78, 5) is 2.51. The van der Waals surface area contributed by atoms with Crippen LogP contribution in [0, 0.1) is 0 Å². The Morgan fingerprint density at radius 3 is 1.78 bits per heavy atom. The standard InChI is InChI=1S/C52H41NS/c1-3-14-36(15-4-1)37-28-30-38(31-29-37)39-32-34-42(35-33-39)53(49-26-13-24-47-45-21-8-10-27-50(45)54-52(47)49)48-25-9-7-20-44(48)46-23-12-19-41-18-11-22-43(51(41)46)40-16-5-2-6-17-40/h1,3-4,7-15,18-35,40H,2,5-6,16-17H2. The number of fused-ring (bicyclic) bond motifs is 4. The number of para-hydroxylation sites is 1. The van der Waals surface area contributed by atoms with Crippen molar-refractivity contribution in [1.29, 1.82) is 0 Å². The summed E-state index contributed by atoms with van der Waals surface area (Å²) >= 11 is 1.89. The van der Waals surface area contributed by atoms with Crippen molar-refractivity contribution in [3.8, 4) is 33.4 Å². The Hall–Kier alpha value is -5.96. The van der Waals surface area contributed by atoms with Crippen molar-refractivity contribution in [3.63, 3.8) is 0 Å². The highest BCUT2D eigenvalue weighted by atomic mass is 32.1. The van der Waals surface area contributed by atoms with Gasteiger partial charge in [-0.3, -0.25) is 0 Å². The summed E-state index contributed by atoms with van der Waals surface area (Å²) in [5.41, 5.74) is 12.5. The van der Waals surface area contributed by atoms with Crippen molar-refractivity contribution < 1.29 is 0 Å². The maximum Gasteiger partial charge on any atom is 0.0640 e. The summed E-state index contributed by atoms with van der Waals surface area (Å²) < 4.78 is 2.61. The molecule has 54 heavy (non-hydrogen) atoms. The zero-order valence-corrected chi connectivity index (χ0v) is 31.1. The molecule has 1 aliphatic rings. The van der Waals surface area contributed by atoms with Crippen molar-refractivity contribution in [3.05, 3.63) is 188 Å². The van der Waals surface area contributed by atoms with E-state index in [0.29, 0.717) is 5.92 Å². The monoisotopic (exact) mass is 711 g/mol. The molecule has 0 amide bonds. The fraction of sp³-hybridized carbons (Fsp3) is 0.115. The molecule has 1 saturated carbocycles. The first-order valence-electron chi connectivity index (χ1n) is 19.4. The maximum atomic E-state index is 2.51. The second-order valence-electron chi connectivity index (χ2n) is 14.7. The Bertz CT molecular complexity index is 2730. The summed E-state index contributed by atoms with van der Waals surface area (Å²) in [7, 11) is 0. The first-order chi connectivity index (χ1) is 26.8. The van der Waals surface area contributed by atoms with Crippen LogP contribution in [0.15, 0.2) is 182 Å². The number of hydrogen-bond donors (Lipinski definition) is 0. The van der Waals surface area contributed by atoms with E-state index >= 15 is 0 Å². The molecule has 0 saturated heterocycles. The second-order valence-corrected chi connectivity index (χ2v) is 15.7. The van der Waals surface area contributed by atoms with Crippen molar-refractivity contribution in [1.82, 2.24) is 0 Å². The maximum absolute atomic E-state index is 2.51. The van der Waals surface area contributed by atoms with Crippen LogP contribution in [0.4, 0.5) is 17.1 Å². The van der Waals surface area contributed by atoms with E-state index in [9.17, 15) is 0 Å². The van der Waals surface area contributed by atoms with Crippen LogP contribution in [0.1, 0.15) is 43.6 Å². The second kappa shape index (κ2) is 14.1. The van der Waals surface area contributed by atoms with Gasteiger partial charge in [0.1, 0.15) is 0 Å². The average Bonchev–Trinajstić information content (AvgIpc) is 3.64. The van der Waals surface area contributed by atoms with Crippen LogP contribution in [0.3, 0.4) is 0 Å². The molecule has 1 aromatic heterocycles. The van der Waals surface area contributed by atoms with Crippen LogP contribution in [-0.2, 0) is 0 Å². The van der Waals surface area contributed by atoms with E-state index in [0.717, 1.165) is 5.69 Å². The molecule has 1 fully saturated rings. The van der Waals surface area contributed by atoms with Crippen molar-refractivity contribution in [2.75, 3.05) is 4.90 Å². The molecule has 8 aromatic carbocycles. The largest absolute Gasteiger partial charge is 0.308 e. The molecule has 2 heteroatoms. The smallest absolute Gasteiger partial charge is 0.0640 e. The van der Waals surface area contributed by atoms with E-state index < -0.39 is 0 Å². The summed E-state index contributed by atoms with van der Waals surface area (Å²) in [6.45, 7) is 0. The minimum absolute atomic E-state index is 0.605. The summed E-state index contributed by atoms with van der Waals surface area (Å²) in [5.74, 6) is 0.605. The van der Waals surface area contributed by atoms with E-state index in [1.807, 2.05) is 11.3 Å². The third kappa shape index (κ3) is 5.88. The Kier molecular flexibility index (Phi) is 8.54. The van der Waals surface area contributed by atoms with Gasteiger partial charge in [0.2, 0.25) is 0 Å². The van der Waals surface area contributed by atoms with Gasteiger partial charge in [-0.2, -0.15) is 0 Å². The molecule has 0 radical (unpaired) electrons. The number of nitrogens with zero attached hydrogens (tertiary/aromatic N) is 1. The third-order valence-corrected chi connectivity index (χ3v) is 12.7. The predicted molar refractivity (Wildman–Crippen MR) is 234 cm³/mol. The lowest BCUT2D eigenvalue weighted by Gasteiger charge is -2.29. The van der Waals surface area contributed by atoms with Crippen molar-refractivity contribution in [2.24, 2.45) is 0 Å². The molecule has 0 N–H and O–H groups in total. The minimum Gasteiger partial charge on any atom is -0.308 e. The number of thiophene rings is 1. The van der Waals surface area contributed by atoms with Gasteiger partial charge in [0.25, 0.3) is 0 Å². The lowest BCUT2D eigenvalue weighted by atomic mass is 9.80. The first kappa shape index (κ1) is 32.7. The number of anilines is 3. The highest BCUT2D eigenvalue weighted by Gasteiger charge is 2.24. The van der Waals surface area contributed by atoms with Gasteiger partial charge in [0, 0.05) is 26.7 Å². The summed E-state index contributed by atoms with van der Waals surface area (Å²) in [6, 6.07) is 67.3. The molecule has 260 valence electrons. The van der Waals surface area contributed by atoms with Gasteiger partial charge in [0.15, 0.2) is 0 Å². The topological polar surface area (TPSA) is 3.24 Å². The third-order valence-electron chi connectivity index (χ3n) is 11.5. The fourth-order valence-corrected chi connectivity index (χ4v) is 10.1. The van der Waals surface area contributed by atoms with E-state index in [1.54, 1.807) is 0 Å². The molecular weight excluding hydrogens is 671 g/mol. The Morgan fingerprint density at radius 2 is 1.00 bits per heavy atom. The van der Waals surface area contributed by atoms with Gasteiger partial charge in [-0.05, 0) is 93.2 Å². The number of benzene rings is 8. The molecular formula is C52H41NS. The van der Waals surface area contributed by atoms with E-state index in [-0.39, 0.29) is 0 Å². The molecule has 1 nitrogen and oxygen atoms in total. The van der Waals surface area contributed by atoms with Gasteiger partial charge >= 0.3 is 0 Å². The lowest BCUT2D eigenvalue weighted by molar-refractivity contribution is 0.445. The molecule has 0 spiro atoms. The van der Waals surface area contributed by atoms with Crippen molar-refractivity contribution in [2.45, 2.75) is 38.0 Å².